The first-order valence-electron chi connectivity index (χ1n) is 20.3. The number of aliphatic hydroxyl groups is 2. The van der Waals surface area contributed by atoms with Gasteiger partial charge in [-0.1, -0.05) is 52.3 Å². The second kappa shape index (κ2) is 25.5. The van der Waals surface area contributed by atoms with E-state index in [4.69, 9.17) is 56.6 Å². The summed E-state index contributed by atoms with van der Waals surface area (Å²) in [5.41, 5.74) is -1.82. The highest BCUT2D eigenvalue weighted by molar-refractivity contribution is 7.14. The van der Waals surface area contributed by atoms with E-state index in [1.807, 2.05) is 0 Å². The van der Waals surface area contributed by atoms with Gasteiger partial charge in [-0.2, -0.15) is 26.3 Å². The van der Waals surface area contributed by atoms with Crippen LogP contribution in [0.1, 0.15) is 118 Å². The van der Waals surface area contributed by atoms with Crippen molar-refractivity contribution in [3.63, 3.8) is 0 Å². The van der Waals surface area contributed by atoms with E-state index in [0.29, 0.717) is 47.1 Å². The van der Waals surface area contributed by atoms with Crippen LogP contribution in [0.15, 0.2) is 49.6 Å². The van der Waals surface area contributed by atoms with E-state index >= 15 is 0 Å². The van der Waals surface area contributed by atoms with Crippen LogP contribution >= 0.6 is 69.1 Å². The van der Waals surface area contributed by atoms with Gasteiger partial charge in [0.1, 0.15) is 60.5 Å². The van der Waals surface area contributed by atoms with E-state index in [-0.39, 0.29) is 68.2 Å². The highest BCUT2D eigenvalue weighted by atomic mass is 35.5. The summed E-state index contributed by atoms with van der Waals surface area (Å²) in [5.74, 6) is 1.91. The largest absolute Gasteiger partial charge is 0.418 e. The van der Waals surface area contributed by atoms with Crippen molar-refractivity contribution in [3.05, 3.63) is 123 Å². The Balaban J connectivity index is 0.000000267. The molecule has 0 saturated heterocycles. The molecule has 2 unspecified atom stereocenters. The standard InChI is InChI=1S/C21H19Cl2F3N6O3S.C21H15Cl2F3N6O3S/c2*1-10(31-19(35)17-16(23)13(29-9-30-17)4-2-3-5-33)20-28-8-14(36-20)18(34)32-15-6-11(21(24,25)26)12(22)7-27-15/h6-10,33H,2-5H2,1H3,(H,31,35)(H,27,32,34);6-10,33H,3,5H2,1H3,(H,31,35)(H,27,32,34). The first-order chi connectivity index (χ1) is 34.0. The van der Waals surface area contributed by atoms with Gasteiger partial charge in [0.05, 0.1) is 63.0 Å². The van der Waals surface area contributed by atoms with Gasteiger partial charge in [0.25, 0.3) is 23.6 Å². The van der Waals surface area contributed by atoms with Crippen molar-refractivity contribution in [1.29, 1.82) is 0 Å². The number of nitrogens with zero attached hydrogens (tertiary/aromatic N) is 8. The molecule has 30 heteroatoms. The van der Waals surface area contributed by atoms with E-state index < -0.39 is 69.2 Å². The lowest BCUT2D eigenvalue weighted by Gasteiger charge is -2.12. The van der Waals surface area contributed by atoms with Crippen molar-refractivity contribution in [1.82, 2.24) is 50.5 Å². The van der Waals surface area contributed by atoms with Crippen LogP contribution in [0.2, 0.25) is 20.1 Å². The summed E-state index contributed by atoms with van der Waals surface area (Å²) in [6, 6.07) is -0.0593. The fourth-order valence-corrected chi connectivity index (χ4v) is 8.16. The molecule has 4 amide bonds. The molecule has 380 valence electrons. The molecule has 6 aromatic heterocycles. The average Bonchev–Trinajstić information content (AvgIpc) is 4.03. The zero-order valence-corrected chi connectivity index (χ0v) is 41.4. The number of unbranched alkanes of at least 4 members (excludes halogenated alkanes) is 1. The molecule has 0 aliphatic heterocycles. The highest BCUT2D eigenvalue weighted by Crippen LogP contribution is 2.37. The van der Waals surface area contributed by atoms with E-state index in [0.717, 1.165) is 41.4 Å². The molecule has 0 radical (unpaired) electrons. The van der Waals surface area contributed by atoms with Gasteiger partial charge in [-0.25, -0.2) is 39.9 Å². The first kappa shape index (κ1) is 56.7. The maximum absolute atomic E-state index is 13.0. The third-order valence-corrected chi connectivity index (χ3v) is 12.8. The monoisotopic (exact) mass is 1120 g/mol. The number of halogens is 10. The first-order valence-corrected chi connectivity index (χ1v) is 23.5. The minimum Gasteiger partial charge on any atom is -0.396 e. The number of thiazole rings is 2. The van der Waals surface area contributed by atoms with Crippen molar-refractivity contribution in [2.24, 2.45) is 0 Å². The summed E-state index contributed by atoms with van der Waals surface area (Å²) in [6.07, 6.45) is -1.18. The Morgan fingerprint density at radius 3 is 1.56 bits per heavy atom. The minimum atomic E-state index is -4.72. The number of alkyl halides is 6. The number of anilines is 2. The molecular weight excluding hydrogens is 1090 g/mol. The number of rotatable bonds is 15. The minimum absolute atomic E-state index is 0.0266. The van der Waals surface area contributed by atoms with E-state index in [2.05, 4.69) is 73.0 Å². The van der Waals surface area contributed by atoms with Crippen LogP contribution in [0.5, 0.6) is 0 Å². The van der Waals surface area contributed by atoms with Crippen molar-refractivity contribution in [3.8, 4) is 11.8 Å². The van der Waals surface area contributed by atoms with Gasteiger partial charge >= 0.3 is 12.4 Å². The Morgan fingerprint density at radius 1 is 0.625 bits per heavy atom. The maximum atomic E-state index is 13.0. The number of nitrogens with one attached hydrogen (secondary N) is 4. The molecule has 0 spiro atoms. The van der Waals surface area contributed by atoms with Crippen molar-refractivity contribution in [2.75, 3.05) is 23.8 Å². The Hall–Kier alpha value is -6.18. The third kappa shape index (κ3) is 15.4. The Labute approximate surface area is 431 Å². The lowest BCUT2D eigenvalue weighted by atomic mass is 10.1. The summed E-state index contributed by atoms with van der Waals surface area (Å²) in [4.78, 5) is 81.9. The van der Waals surface area contributed by atoms with Gasteiger partial charge in [0, 0.05) is 25.4 Å². The normalized spacial score (nSPS) is 12.1. The number of aromatic nitrogens is 8. The topological polar surface area (TPSA) is 260 Å². The molecular formula is C42H34Cl4F6N12O6S2. The van der Waals surface area contributed by atoms with Gasteiger partial charge in [0.2, 0.25) is 0 Å². The SMILES string of the molecule is CC(NC(=O)c1ncnc(C#CCCO)c1Cl)c1ncc(C(=O)Nc2cc(C(F)(F)F)c(Cl)cn2)s1.CC(NC(=O)c1ncnc(CCCCO)c1Cl)c1ncc(C(=O)Nc2cc(C(F)(F)F)c(Cl)cn2)s1. The summed E-state index contributed by atoms with van der Waals surface area (Å²) in [5, 5.41) is 27.1. The molecule has 0 aliphatic rings. The Kier molecular flexibility index (Phi) is 20.1. The lowest BCUT2D eigenvalue weighted by molar-refractivity contribution is -0.138. The Bertz CT molecular complexity index is 3010. The summed E-state index contributed by atoms with van der Waals surface area (Å²) < 4.78 is 78.2. The van der Waals surface area contributed by atoms with Gasteiger partial charge in [-0.05, 0) is 51.2 Å². The van der Waals surface area contributed by atoms with Gasteiger partial charge in [-0.15, -0.1) is 22.7 Å². The molecule has 0 aromatic carbocycles. The molecule has 0 bridgehead atoms. The van der Waals surface area contributed by atoms with Crippen LogP contribution in [-0.4, -0.2) is 86.9 Å². The number of hydrogen-bond donors (Lipinski definition) is 6. The van der Waals surface area contributed by atoms with Crippen LogP contribution in [0.3, 0.4) is 0 Å². The van der Waals surface area contributed by atoms with E-state index in [1.165, 1.54) is 18.7 Å². The fourth-order valence-electron chi connectivity index (χ4n) is 5.60. The highest BCUT2D eigenvalue weighted by Gasteiger charge is 2.35. The van der Waals surface area contributed by atoms with Gasteiger partial charge in [0.15, 0.2) is 5.69 Å². The number of hydrogen-bond acceptors (Lipinski definition) is 16. The predicted molar refractivity (Wildman–Crippen MR) is 253 cm³/mol. The second-order valence-electron chi connectivity index (χ2n) is 14.3. The van der Waals surface area contributed by atoms with Crippen molar-refractivity contribution in [2.45, 2.75) is 64.0 Å². The number of carbonyl (C=O) groups excluding carboxylic acids is 4. The van der Waals surface area contributed by atoms with Crippen LogP contribution < -0.4 is 21.3 Å². The zero-order valence-electron chi connectivity index (χ0n) is 36.7. The molecule has 6 aromatic rings. The van der Waals surface area contributed by atoms with Gasteiger partial charge in [-0.3, -0.25) is 19.2 Å². The van der Waals surface area contributed by atoms with Crippen LogP contribution in [0.4, 0.5) is 38.0 Å². The molecule has 2 atom stereocenters. The molecule has 72 heavy (non-hydrogen) atoms. The van der Waals surface area contributed by atoms with E-state index in [1.54, 1.807) is 13.8 Å². The third-order valence-electron chi connectivity index (χ3n) is 9.08. The van der Waals surface area contributed by atoms with Crippen LogP contribution in [-0.2, 0) is 18.8 Å². The maximum Gasteiger partial charge on any atom is 0.418 e. The summed E-state index contributed by atoms with van der Waals surface area (Å²) in [7, 11) is 0. The van der Waals surface area contributed by atoms with Gasteiger partial charge < -0.3 is 31.5 Å². The second-order valence-corrected chi connectivity index (χ2v) is 18.0. The predicted octanol–water partition coefficient (Wildman–Crippen LogP) is 8.84. The van der Waals surface area contributed by atoms with Crippen molar-refractivity contribution < 1.29 is 55.7 Å². The number of aryl methyl sites for hydroxylation is 1. The number of amides is 4. The quantitative estimate of drug-likeness (QED) is 0.0319. The smallest absolute Gasteiger partial charge is 0.396 e. The fraction of sp³-hybridized carbons (Fsp3) is 0.286. The number of aliphatic hydroxyl groups excluding tert-OH is 2. The molecule has 6 rings (SSSR count). The molecule has 18 nitrogen and oxygen atoms in total. The number of carbonyl (C=O) groups is 4. The molecule has 0 aliphatic carbocycles. The summed E-state index contributed by atoms with van der Waals surface area (Å²) in [6.45, 7) is 3.13. The Morgan fingerprint density at radius 2 is 1.10 bits per heavy atom. The molecule has 0 fully saturated rings. The lowest BCUT2D eigenvalue weighted by Crippen LogP contribution is -2.28. The molecule has 6 heterocycles. The van der Waals surface area contributed by atoms with Crippen LogP contribution in [0.25, 0.3) is 0 Å². The average molecular weight is 1120 g/mol. The van der Waals surface area contributed by atoms with Crippen LogP contribution in [0, 0.1) is 11.8 Å². The van der Waals surface area contributed by atoms with Crippen molar-refractivity contribution >= 4 is 104 Å². The molecule has 0 saturated carbocycles. The summed E-state index contributed by atoms with van der Waals surface area (Å²) >= 11 is 25.4. The molecule has 6 N–H and O–H groups in total. The zero-order chi connectivity index (χ0) is 52.9. The van der Waals surface area contributed by atoms with E-state index in [9.17, 15) is 45.5 Å². The number of pyridine rings is 2.